The van der Waals surface area contributed by atoms with Crippen molar-refractivity contribution in [3.63, 3.8) is 0 Å². The Morgan fingerprint density at radius 2 is 2.36 bits per heavy atom. The smallest absolute Gasteiger partial charge is 0.149 e. The van der Waals surface area contributed by atoms with E-state index in [1.807, 2.05) is 14.0 Å². The molecule has 1 aliphatic heterocycles. The summed E-state index contributed by atoms with van der Waals surface area (Å²) in [6, 6.07) is 0. The fourth-order valence-corrected chi connectivity index (χ4v) is 2.05. The van der Waals surface area contributed by atoms with E-state index in [4.69, 9.17) is 0 Å². The molecule has 0 amide bonds. The minimum atomic E-state index is -0.137. The molecule has 2 nitrogen and oxygen atoms in total. The minimum Gasteiger partial charge on any atom is -0.298 e. The number of alkyl halides is 1. The van der Waals surface area contributed by atoms with Gasteiger partial charge in [0.05, 0.1) is 8.80 Å². The Morgan fingerprint density at radius 1 is 1.82 bits per heavy atom. The molecule has 2 unspecified atom stereocenters. The monoisotopic (exact) mass is 285 g/mol. The summed E-state index contributed by atoms with van der Waals surface area (Å²) in [6.07, 6.45) is 0.642. The third-order valence-electron chi connectivity index (χ3n) is 2.24. The highest BCUT2D eigenvalue weighted by Crippen LogP contribution is 2.34. The SMILES string of the molecule is CN1CCC(=O)C(S)C1(C)I. The lowest BCUT2D eigenvalue weighted by molar-refractivity contribution is -0.122. The molecule has 0 saturated carbocycles. The van der Waals surface area contributed by atoms with Gasteiger partial charge in [0.15, 0.2) is 0 Å². The van der Waals surface area contributed by atoms with Crippen molar-refractivity contribution in [3.05, 3.63) is 0 Å². The Labute approximate surface area is 86.3 Å². The molecule has 2 atom stereocenters. The topological polar surface area (TPSA) is 20.3 Å². The lowest BCUT2D eigenvalue weighted by atomic mass is 10.0. The average Bonchev–Trinajstić information content (AvgIpc) is 1.95. The molecule has 0 aromatic carbocycles. The first-order valence-corrected chi connectivity index (χ1v) is 5.16. The summed E-state index contributed by atoms with van der Waals surface area (Å²) >= 11 is 6.58. The van der Waals surface area contributed by atoms with E-state index in [9.17, 15) is 4.79 Å². The van der Waals surface area contributed by atoms with Crippen molar-refractivity contribution in [3.8, 4) is 0 Å². The predicted octanol–water partition coefficient (Wildman–Crippen LogP) is 1.34. The van der Waals surface area contributed by atoms with Crippen LogP contribution in [-0.2, 0) is 4.79 Å². The molecule has 0 radical (unpaired) electrons. The van der Waals surface area contributed by atoms with E-state index >= 15 is 0 Å². The summed E-state index contributed by atoms with van der Waals surface area (Å²) in [4.78, 5) is 13.4. The van der Waals surface area contributed by atoms with Crippen LogP contribution in [0.15, 0.2) is 0 Å². The van der Waals surface area contributed by atoms with Gasteiger partial charge in [0, 0.05) is 13.0 Å². The Hall–Kier alpha value is 0.710. The second-order valence-corrected chi connectivity index (χ2v) is 5.76. The van der Waals surface area contributed by atoms with Crippen LogP contribution in [0.1, 0.15) is 13.3 Å². The molecular formula is C7H12INOS. The number of rotatable bonds is 0. The normalized spacial score (nSPS) is 41.1. The molecule has 0 N–H and O–H groups in total. The maximum atomic E-state index is 11.2. The van der Waals surface area contributed by atoms with Crippen LogP contribution in [0, 0.1) is 0 Å². The van der Waals surface area contributed by atoms with Crippen LogP contribution in [0.4, 0.5) is 0 Å². The van der Waals surface area contributed by atoms with Crippen LogP contribution in [0.25, 0.3) is 0 Å². The van der Waals surface area contributed by atoms with Crippen molar-refractivity contribution in [2.75, 3.05) is 13.6 Å². The number of halogens is 1. The van der Waals surface area contributed by atoms with E-state index in [-0.39, 0.29) is 14.6 Å². The van der Waals surface area contributed by atoms with Crippen LogP contribution in [0.3, 0.4) is 0 Å². The van der Waals surface area contributed by atoms with Gasteiger partial charge in [-0.1, -0.05) is 22.6 Å². The zero-order valence-corrected chi connectivity index (χ0v) is 9.72. The lowest BCUT2D eigenvalue weighted by Gasteiger charge is -2.41. The minimum absolute atomic E-state index is 0.115. The molecule has 0 aromatic rings. The van der Waals surface area contributed by atoms with Gasteiger partial charge in [-0.15, -0.1) is 0 Å². The van der Waals surface area contributed by atoms with Gasteiger partial charge in [-0.3, -0.25) is 9.69 Å². The fourth-order valence-electron chi connectivity index (χ4n) is 1.14. The number of hydrogen-bond acceptors (Lipinski definition) is 3. The van der Waals surface area contributed by atoms with E-state index in [0.717, 1.165) is 6.54 Å². The Bertz CT molecular complexity index is 183. The molecule has 1 rings (SSSR count). The third kappa shape index (κ3) is 1.72. The highest BCUT2D eigenvalue weighted by atomic mass is 127. The zero-order valence-electron chi connectivity index (χ0n) is 6.67. The average molecular weight is 285 g/mol. The van der Waals surface area contributed by atoms with Crippen molar-refractivity contribution < 1.29 is 4.79 Å². The maximum absolute atomic E-state index is 11.2. The van der Waals surface area contributed by atoms with Gasteiger partial charge in [-0.2, -0.15) is 12.6 Å². The number of likely N-dealkylation sites (tertiary alicyclic amines) is 1. The van der Waals surface area contributed by atoms with Crippen molar-refractivity contribution in [2.45, 2.75) is 22.1 Å². The largest absolute Gasteiger partial charge is 0.298 e. The Morgan fingerprint density at radius 3 is 2.82 bits per heavy atom. The first-order chi connectivity index (χ1) is 4.96. The van der Waals surface area contributed by atoms with Crippen molar-refractivity contribution in [1.82, 2.24) is 4.90 Å². The van der Waals surface area contributed by atoms with Gasteiger partial charge in [0.2, 0.25) is 0 Å². The molecule has 1 fully saturated rings. The molecule has 1 aliphatic rings. The maximum Gasteiger partial charge on any atom is 0.149 e. The summed E-state index contributed by atoms with van der Waals surface area (Å²) in [5.41, 5.74) is 0. The standard InChI is InChI=1S/C7H12INOS/c1-7(8)6(11)5(10)3-4-9(7)2/h6,11H,3-4H2,1-2H3. The number of piperidine rings is 1. The van der Waals surface area contributed by atoms with Gasteiger partial charge in [-0.25, -0.2) is 0 Å². The molecule has 4 heteroatoms. The first kappa shape index (κ1) is 9.80. The van der Waals surface area contributed by atoms with Gasteiger partial charge in [0.1, 0.15) is 5.78 Å². The lowest BCUT2D eigenvalue weighted by Crippen LogP contribution is -2.53. The molecule has 11 heavy (non-hydrogen) atoms. The summed E-state index contributed by atoms with van der Waals surface area (Å²) in [7, 11) is 2.03. The van der Waals surface area contributed by atoms with E-state index in [1.165, 1.54) is 0 Å². The fraction of sp³-hybridized carbons (Fsp3) is 0.857. The molecule has 0 aromatic heterocycles. The van der Waals surface area contributed by atoms with Gasteiger partial charge < -0.3 is 0 Å². The number of nitrogens with zero attached hydrogens (tertiary/aromatic N) is 1. The van der Waals surface area contributed by atoms with Crippen molar-refractivity contribution >= 4 is 41.0 Å². The Kier molecular flexibility index (Phi) is 2.87. The molecule has 0 spiro atoms. The van der Waals surface area contributed by atoms with E-state index in [2.05, 4.69) is 40.1 Å². The second kappa shape index (κ2) is 3.22. The third-order valence-corrected chi connectivity index (χ3v) is 4.97. The van der Waals surface area contributed by atoms with Crippen molar-refractivity contribution in [2.24, 2.45) is 0 Å². The molecule has 1 saturated heterocycles. The first-order valence-electron chi connectivity index (χ1n) is 3.57. The molecule has 0 aliphatic carbocycles. The summed E-state index contributed by atoms with van der Waals surface area (Å²) < 4.78 is -0.115. The number of ketones is 1. The van der Waals surface area contributed by atoms with Gasteiger partial charge in [0.25, 0.3) is 0 Å². The Balaban J connectivity index is 2.80. The highest BCUT2D eigenvalue weighted by molar-refractivity contribution is 14.1. The predicted molar refractivity (Wildman–Crippen MR) is 57.5 cm³/mol. The van der Waals surface area contributed by atoms with Crippen molar-refractivity contribution in [1.29, 1.82) is 0 Å². The summed E-state index contributed by atoms with van der Waals surface area (Å²) in [5, 5.41) is -0.137. The second-order valence-electron chi connectivity index (χ2n) is 3.06. The van der Waals surface area contributed by atoms with Crippen LogP contribution in [0.5, 0.6) is 0 Å². The molecule has 1 heterocycles. The number of carbonyl (C=O) groups excluding carboxylic acids is 1. The van der Waals surface area contributed by atoms with Crippen LogP contribution in [-0.4, -0.2) is 33.1 Å². The van der Waals surface area contributed by atoms with Crippen LogP contribution in [0.2, 0.25) is 0 Å². The molecule has 0 bridgehead atoms. The molecular weight excluding hydrogens is 273 g/mol. The summed E-state index contributed by atoms with van der Waals surface area (Å²) in [5.74, 6) is 0.267. The number of Topliss-reactive ketones (excluding diaryl/α,β-unsaturated/α-hetero) is 1. The quantitative estimate of drug-likeness (QED) is 0.314. The highest BCUT2D eigenvalue weighted by Gasteiger charge is 2.40. The number of hydrogen-bond donors (Lipinski definition) is 1. The van der Waals surface area contributed by atoms with Gasteiger partial charge in [-0.05, 0) is 14.0 Å². The number of carbonyl (C=O) groups is 1. The van der Waals surface area contributed by atoms with Crippen LogP contribution >= 0.6 is 35.2 Å². The van der Waals surface area contributed by atoms with Crippen LogP contribution < -0.4 is 0 Å². The molecule has 64 valence electrons. The van der Waals surface area contributed by atoms with E-state index < -0.39 is 0 Å². The van der Waals surface area contributed by atoms with E-state index in [0.29, 0.717) is 6.42 Å². The van der Waals surface area contributed by atoms with E-state index in [1.54, 1.807) is 0 Å². The zero-order chi connectivity index (χ0) is 8.65. The summed E-state index contributed by atoms with van der Waals surface area (Å²) in [6.45, 7) is 2.90. The number of thiol groups is 1. The van der Waals surface area contributed by atoms with Gasteiger partial charge >= 0.3 is 0 Å².